The zero-order chi connectivity index (χ0) is 22.0. The maximum absolute atomic E-state index is 13.1. The Hall–Kier alpha value is -3.93. The third kappa shape index (κ3) is 3.80. The summed E-state index contributed by atoms with van der Waals surface area (Å²) in [5.74, 6) is -1.15. The lowest BCUT2D eigenvalue weighted by Crippen LogP contribution is -2.29. The van der Waals surface area contributed by atoms with Gasteiger partial charge in [-0.25, -0.2) is 0 Å². The fraction of sp³-hybridized carbons (Fsp3) is 0.160. The molecule has 6 nitrogen and oxygen atoms in total. The van der Waals surface area contributed by atoms with E-state index in [-0.39, 0.29) is 11.3 Å². The first kappa shape index (κ1) is 20.3. The number of carbonyl (C=O) groups is 2. The topological polar surface area (TPSA) is 79.7 Å². The Morgan fingerprint density at radius 1 is 1.06 bits per heavy atom. The number of ether oxygens (including phenoxy) is 1. The van der Waals surface area contributed by atoms with E-state index in [0.29, 0.717) is 29.3 Å². The van der Waals surface area contributed by atoms with Gasteiger partial charge < -0.3 is 9.84 Å². The van der Waals surface area contributed by atoms with Crippen LogP contribution in [0.25, 0.3) is 5.76 Å². The van der Waals surface area contributed by atoms with E-state index in [1.54, 1.807) is 54.7 Å². The van der Waals surface area contributed by atoms with E-state index >= 15 is 0 Å². The van der Waals surface area contributed by atoms with Crippen molar-refractivity contribution >= 4 is 23.1 Å². The molecule has 1 aromatic heterocycles. The third-order valence-corrected chi connectivity index (χ3v) is 5.11. The molecule has 0 radical (unpaired) electrons. The highest BCUT2D eigenvalue weighted by Gasteiger charge is 2.47. The molecule has 0 saturated carbocycles. The highest BCUT2D eigenvalue weighted by atomic mass is 16.5. The molecule has 0 spiro atoms. The molecule has 2 aromatic carbocycles. The van der Waals surface area contributed by atoms with Crippen molar-refractivity contribution in [3.8, 4) is 5.75 Å². The van der Waals surface area contributed by atoms with Crippen LogP contribution in [0, 0.1) is 6.92 Å². The Bertz CT molecular complexity index is 1170. The number of aromatic nitrogens is 1. The lowest BCUT2D eigenvalue weighted by atomic mass is 9.98. The van der Waals surface area contributed by atoms with Gasteiger partial charge in [0.25, 0.3) is 11.7 Å². The van der Waals surface area contributed by atoms with Crippen molar-refractivity contribution in [2.75, 3.05) is 11.5 Å². The van der Waals surface area contributed by atoms with Gasteiger partial charge in [0.2, 0.25) is 0 Å². The molecule has 1 atom stereocenters. The van der Waals surface area contributed by atoms with Crippen molar-refractivity contribution < 1.29 is 19.4 Å². The molecule has 1 N–H and O–H groups in total. The van der Waals surface area contributed by atoms with Crippen LogP contribution in [0.1, 0.15) is 29.8 Å². The van der Waals surface area contributed by atoms with Crippen molar-refractivity contribution in [1.29, 1.82) is 0 Å². The second-order valence-electron chi connectivity index (χ2n) is 7.22. The summed E-state index contributed by atoms with van der Waals surface area (Å²) in [5.41, 5.74) is 2.40. The predicted molar refractivity (Wildman–Crippen MR) is 118 cm³/mol. The molecule has 31 heavy (non-hydrogen) atoms. The molecule has 1 aliphatic rings. The van der Waals surface area contributed by atoms with Gasteiger partial charge in [-0.2, -0.15) is 0 Å². The summed E-state index contributed by atoms with van der Waals surface area (Å²) in [6.45, 7) is 4.24. The zero-order valence-corrected chi connectivity index (χ0v) is 17.3. The molecule has 4 rings (SSSR count). The monoisotopic (exact) mass is 414 g/mol. The van der Waals surface area contributed by atoms with E-state index in [0.717, 1.165) is 5.56 Å². The molecule has 3 aromatic rings. The largest absolute Gasteiger partial charge is 0.507 e. The molecule has 1 aliphatic heterocycles. The molecular weight excluding hydrogens is 392 g/mol. The molecule has 1 unspecified atom stereocenters. The zero-order valence-electron chi connectivity index (χ0n) is 17.3. The van der Waals surface area contributed by atoms with Crippen molar-refractivity contribution in [1.82, 2.24) is 4.98 Å². The minimum atomic E-state index is -0.848. The fourth-order valence-corrected chi connectivity index (χ4v) is 3.75. The first-order valence-corrected chi connectivity index (χ1v) is 10.0. The van der Waals surface area contributed by atoms with Crippen LogP contribution in [0.3, 0.4) is 0 Å². The SMILES string of the molecule is CCOc1cccc(/C(O)=C2\C(=O)C(=O)N(c3cccc(C)c3)C2c2ccccn2)c1. The predicted octanol–water partition coefficient (Wildman–Crippen LogP) is 4.42. The number of aliphatic hydroxyl groups is 1. The van der Waals surface area contributed by atoms with Crippen LogP contribution in [-0.2, 0) is 9.59 Å². The highest BCUT2D eigenvalue weighted by molar-refractivity contribution is 6.51. The number of aryl methyl sites for hydroxylation is 1. The minimum Gasteiger partial charge on any atom is -0.507 e. The summed E-state index contributed by atoms with van der Waals surface area (Å²) >= 11 is 0. The molecular formula is C25H22N2O4. The Kier molecular flexibility index (Phi) is 5.54. The van der Waals surface area contributed by atoms with Crippen LogP contribution in [-0.4, -0.2) is 28.4 Å². The number of carbonyl (C=O) groups excluding carboxylic acids is 2. The van der Waals surface area contributed by atoms with Crippen LogP contribution < -0.4 is 9.64 Å². The number of hydrogen-bond acceptors (Lipinski definition) is 5. The summed E-state index contributed by atoms with van der Waals surface area (Å²) in [7, 11) is 0. The minimum absolute atomic E-state index is 0.00106. The number of pyridine rings is 1. The van der Waals surface area contributed by atoms with E-state index in [9.17, 15) is 14.7 Å². The van der Waals surface area contributed by atoms with Gasteiger partial charge in [-0.15, -0.1) is 0 Å². The van der Waals surface area contributed by atoms with E-state index in [4.69, 9.17) is 4.74 Å². The maximum atomic E-state index is 13.1. The molecule has 2 heterocycles. The van der Waals surface area contributed by atoms with Crippen LogP contribution in [0.5, 0.6) is 5.75 Å². The van der Waals surface area contributed by atoms with Gasteiger partial charge in [-0.05, 0) is 55.8 Å². The molecule has 1 saturated heterocycles. The number of anilines is 1. The summed E-state index contributed by atoms with van der Waals surface area (Å²) in [4.78, 5) is 32.0. The number of hydrogen-bond donors (Lipinski definition) is 1. The fourth-order valence-electron chi connectivity index (χ4n) is 3.75. The quantitative estimate of drug-likeness (QED) is 0.380. The average molecular weight is 414 g/mol. The van der Waals surface area contributed by atoms with Gasteiger partial charge in [0.1, 0.15) is 17.6 Å². The van der Waals surface area contributed by atoms with Gasteiger partial charge in [-0.3, -0.25) is 19.5 Å². The average Bonchev–Trinajstić information content (AvgIpc) is 3.05. The van der Waals surface area contributed by atoms with Gasteiger partial charge in [-0.1, -0.05) is 30.3 Å². The van der Waals surface area contributed by atoms with Crippen molar-refractivity contribution in [2.24, 2.45) is 0 Å². The van der Waals surface area contributed by atoms with Crippen molar-refractivity contribution in [3.63, 3.8) is 0 Å². The van der Waals surface area contributed by atoms with Crippen LogP contribution in [0.4, 0.5) is 5.69 Å². The summed E-state index contributed by atoms with van der Waals surface area (Å²) in [6.07, 6.45) is 1.60. The van der Waals surface area contributed by atoms with Gasteiger partial charge in [0, 0.05) is 17.4 Å². The highest BCUT2D eigenvalue weighted by Crippen LogP contribution is 2.41. The van der Waals surface area contributed by atoms with Crippen LogP contribution in [0.2, 0.25) is 0 Å². The van der Waals surface area contributed by atoms with Crippen LogP contribution in [0.15, 0.2) is 78.5 Å². The Balaban J connectivity index is 1.92. The van der Waals surface area contributed by atoms with E-state index in [1.165, 1.54) is 4.90 Å². The van der Waals surface area contributed by atoms with E-state index in [2.05, 4.69) is 4.98 Å². The van der Waals surface area contributed by atoms with Gasteiger partial charge in [0.05, 0.1) is 17.9 Å². The Morgan fingerprint density at radius 2 is 1.87 bits per heavy atom. The molecule has 6 heteroatoms. The molecule has 0 aliphatic carbocycles. The molecule has 1 amide bonds. The summed E-state index contributed by atoms with van der Waals surface area (Å²) in [6, 6.07) is 18.6. The van der Waals surface area contributed by atoms with Gasteiger partial charge >= 0.3 is 0 Å². The lowest BCUT2D eigenvalue weighted by Gasteiger charge is -2.24. The first-order valence-electron chi connectivity index (χ1n) is 10.0. The maximum Gasteiger partial charge on any atom is 0.300 e. The Morgan fingerprint density at radius 3 is 2.58 bits per heavy atom. The van der Waals surface area contributed by atoms with Gasteiger partial charge in [0.15, 0.2) is 0 Å². The smallest absolute Gasteiger partial charge is 0.300 e. The van der Waals surface area contributed by atoms with Crippen LogP contribution >= 0.6 is 0 Å². The number of nitrogens with zero attached hydrogens (tertiary/aromatic N) is 2. The number of ketones is 1. The summed E-state index contributed by atoms with van der Waals surface area (Å²) in [5, 5.41) is 11.1. The van der Waals surface area contributed by atoms with E-state index < -0.39 is 17.7 Å². The number of Topliss-reactive ketones (excluding diaryl/α,β-unsaturated/α-hetero) is 1. The van der Waals surface area contributed by atoms with E-state index in [1.807, 2.05) is 32.0 Å². The first-order chi connectivity index (χ1) is 15.0. The molecule has 1 fully saturated rings. The number of amides is 1. The lowest BCUT2D eigenvalue weighted by molar-refractivity contribution is -0.132. The van der Waals surface area contributed by atoms with Crippen molar-refractivity contribution in [3.05, 3.63) is 95.3 Å². The second-order valence-corrected chi connectivity index (χ2v) is 7.22. The standard InChI is InChI=1S/C25H22N2O4/c1-3-31-19-11-7-9-17(15-19)23(28)21-22(20-12-4-5-13-26-20)27(25(30)24(21)29)18-10-6-8-16(2)14-18/h4-15,22,28H,3H2,1-2H3/b23-21+. The number of rotatable bonds is 5. The van der Waals surface area contributed by atoms with Crippen molar-refractivity contribution in [2.45, 2.75) is 19.9 Å². The number of aliphatic hydroxyl groups excluding tert-OH is 1. The number of benzene rings is 2. The summed E-state index contributed by atoms with van der Waals surface area (Å²) < 4.78 is 5.51. The Labute approximate surface area is 180 Å². The molecule has 0 bridgehead atoms. The second kappa shape index (κ2) is 8.44. The third-order valence-electron chi connectivity index (χ3n) is 5.11. The molecule has 156 valence electrons. The normalized spacial score (nSPS) is 17.7.